The van der Waals surface area contributed by atoms with Crippen LogP contribution in [0.4, 0.5) is 0 Å². The maximum absolute atomic E-state index is 10.7. The molecule has 0 N–H and O–H groups in total. The van der Waals surface area contributed by atoms with Gasteiger partial charge in [0.1, 0.15) is 0 Å². The highest BCUT2D eigenvalue weighted by Gasteiger charge is 2.08. The van der Waals surface area contributed by atoms with Crippen molar-refractivity contribution in [2.45, 2.75) is 24.1 Å². The minimum absolute atomic E-state index is 0.594. The van der Waals surface area contributed by atoms with Crippen molar-refractivity contribution in [3.05, 3.63) is 35.9 Å². The Morgan fingerprint density at radius 3 is 2.82 bits per heavy atom. The summed E-state index contributed by atoms with van der Waals surface area (Å²) in [6.07, 6.45) is 0. The smallest absolute Gasteiger partial charge is 0.0976 e. The van der Waals surface area contributed by atoms with Gasteiger partial charge in [-0.1, -0.05) is 30.0 Å². The molecule has 0 bridgehead atoms. The molecule has 0 spiro atoms. The lowest BCUT2D eigenvalue weighted by Gasteiger charge is -2.12. The van der Waals surface area contributed by atoms with E-state index in [9.17, 15) is 9.90 Å². The number of aliphatic carboxylic acids is 1. The van der Waals surface area contributed by atoms with Gasteiger partial charge in [-0.15, -0.1) is 0 Å². The van der Waals surface area contributed by atoms with Gasteiger partial charge in [0.05, 0.1) is 16.5 Å². The topological polar surface area (TPSA) is 53.0 Å². The number of benzene rings is 1. The summed E-state index contributed by atoms with van der Waals surface area (Å²) in [7, 11) is 0. The van der Waals surface area contributed by atoms with Gasteiger partial charge in [-0.3, -0.25) is 0 Å². The second-order valence-electron chi connectivity index (χ2n) is 3.87. The third-order valence-corrected chi connectivity index (χ3v) is 3.53. The Bertz CT molecular complexity index is 568. The zero-order chi connectivity index (χ0) is 12.4. The molecule has 1 atom stereocenters. The molecule has 17 heavy (non-hydrogen) atoms. The number of nitrogens with zero attached hydrogens (tertiary/aromatic N) is 1. The van der Waals surface area contributed by atoms with Crippen LogP contribution in [-0.4, -0.2) is 16.2 Å². The summed E-state index contributed by atoms with van der Waals surface area (Å²) in [5.41, 5.74) is 1.99. The molecule has 2 rings (SSSR count). The molecule has 0 saturated carbocycles. The van der Waals surface area contributed by atoms with E-state index >= 15 is 0 Å². The van der Waals surface area contributed by atoms with Crippen LogP contribution in [0.1, 0.15) is 12.5 Å². The fourth-order valence-electron chi connectivity index (χ4n) is 1.61. The number of para-hydroxylation sites is 1. The van der Waals surface area contributed by atoms with Gasteiger partial charge in [-0.25, -0.2) is 4.98 Å². The molecule has 0 aliphatic carbocycles. The fourth-order valence-corrected chi connectivity index (χ4v) is 2.46. The van der Waals surface area contributed by atoms with E-state index in [1.54, 1.807) is 6.92 Å². The Hall–Kier alpha value is -1.55. The monoisotopic (exact) mass is 246 g/mol. The predicted octanol–water partition coefficient (Wildman–Crippen LogP) is 1.77. The largest absolute Gasteiger partial charge is 0.549 e. The second kappa shape index (κ2) is 4.75. The number of pyridine rings is 1. The molecule has 0 saturated heterocycles. The number of aromatic nitrogens is 1. The molecule has 0 fully saturated rings. The fraction of sp³-hybridized carbons (Fsp3) is 0.231. The van der Waals surface area contributed by atoms with Gasteiger partial charge in [0.25, 0.3) is 0 Å². The minimum atomic E-state index is -1.07. The number of fused-ring (bicyclic) bond motifs is 1. The molecule has 4 heteroatoms. The number of carbonyl (C=O) groups excluding carboxylic acids is 1. The molecule has 88 valence electrons. The van der Waals surface area contributed by atoms with E-state index in [2.05, 4.69) is 4.98 Å². The van der Waals surface area contributed by atoms with Crippen molar-refractivity contribution >= 4 is 28.6 Å². The summed E-state index contributed by atoms with van der Waals surface area (Å²) in [4.78, 5) is 15.1. The maximum atomic E-state index is 10.7. The molecule has 1 heterocycles. The second-order valence-corrected chi connectivity index (χ2v) is 5.23. The maximum Gasteiger partial charge on any atom is 0.0976 e. The van der Waals surface area contributed by atoms with E-state index in [-0.39, 0.29) is 0 Å². The molecule has 3 nitrogen and oxygen atoms in total. The lowest BCUT2D eigenvalue weighted by molar-refractivity contribution is -0.304. The van der Waals surface area contributed by atoms with E-state index in [1.165, 1.54) is 11.8 Å². The van der Waals surface area contributed by atoms with E-state index in [1.807, 2.05) is 37.3 Å². The van der Waals surface area contributed by atoms with Crippen LogP contribution in [-0.2, 0) is 4.79 Å². The van der Waals surface area contributed by atoms with Crippen LogP contribution in [0.25, 0.3) is 10.9 Å². The SMILES string of the molecule is Cc1cc(SC(C)C(=O)[O-])nc2ccccc12. The number of carboxylic acids is 1. The number of thioether (sulfide) groups is 1. The number of carboxylic acid groups (broad SMARTS) is 1. The molecule has 0 radical (unpaired) electrons. The van der Waals surface area contributed by atoms with Gasteiger partial charge in [0.15, 0.2) is 0 Å². The molecule has 0 aliphatic rings. The Morgan fingerprint density at radius 2 is 2.12 bits per heavy atom. The summed E-state index contributed by atoms with van der Waals surface area (Å²) in [6, 6.07) is 9.73. The molecule has 0 aliphatic heterocycles. The number of rotatable bonds is 3. The van der Waals surface area contributed by atoms with E-state index in [0.29, 0.717) is 0 Å². The number of hydrogen-bond acceptors (Lipinski definition) is 4. The third kappa shape index (κ3) is 2.58. The van der Waals surface area contributed by atoms with Crippen molar-refractivity contribution in [3.63, 3.8) is 0 Å². The molecular formula is C13H12NO2S-. The Labute approximate surface area is 104 Å². The van der Waals surface area contributed by atoms with Gasteiger partial charge >= 0.3 is 0 Å². The van der Waals surface area contributed by atoms with Gasteiger partial charge in [-0.2, -0.15) is 0 Å². The third-order valence-electron chi connectivity index (χ3n) is 2.53. The quantitative estimate of drug-likeness (QED) is 0.775. The molecule has 2 aromatic rings. The molecule has 1 aromatic heterocycles. The van der Waals surface area contributed by atoms with Crippen LogP contribution < -0.4 is 5.11 Å². The van der Waals surface area contributed by atoms with Gasteiger partial charge in [0, 0.05) is 10.6 Å². The lowest BCUT2D eigenvalue weighted by Crippen LogP contribution is -2.31. The van der Waals surface area contributed by atoms with Crippen LogP contribution in [0.5, 0.6) is 0 Å². The summed E-state index contributed by atoms with van der Waals surface area (Å²) in [5, 5.41) is 11.9. The first kappa shape index (κ1) is 11.9. The van der Waals surface area contributed by atoms with E-state index in [4.69, 9.17) is 0 Å². The standard InChI is InChI=1S/C13H13NO2S/c1-8-7-12(17-9(2)13(15)16)14-11-6-4-3-5-10(8)11/h3-7,9H,1-2H3,(H,15,16)/p-1. The Kier molecular flexibility index (Phi) is 3.33. The summed E-state index contributed by atoms with van der Waals surface area (Å²) in [6.45, 7) is 3.60. The number of carbonyl (C=O) groups is 1. The van der Waals surface area contributed by atoms with Crippen molar-refractivity contribution in [1.82, 2.24) is 4.98 Å². The Balaban J connectivity index is 2.40. The zero-order valence-corrected chi connectivity index (χ0v) is 10.5. The first-order chi connectivity index (χ1) is 8.08. The number of hydrogen-bond donors (Lipinski definition) is 0. The lowest BCUT2D eigenvalue weighted by atomic mass is 10.1. The van der Waals surface area contributed by atoms with Crippen LogP contribution in [0, 0.1) is 6.92 Å². The van der Waals surface area contributed by atoms with E-state index in [0.717, 1.165) is 21.5 Å². The normalized spacial score (nSPS) is 12.6. The molecule has 1 unspecified atom stereocenters. The van der Waals surface area contributed by atoms with Crippen molar-refractivity contribution in [2.75, 3.05) is 0 Å². The highest BCUT2D eigenvalue weighted by Crippen LogP contribution is 2.26. The van der Waals surface area contributed by atoms with Gasteiger partial charge in [-0.05, 0) is 31.5 Å². The highest BCUT2D eigenvalue weighted by molar-refractivity contribution is 8.00. The average Bonchev–Trinajstić information content (AvgIpc) is 2.29. The minimum Gasteiger partial charge on any atom is -0.549 e. The van der Waals surface area contributed by atoms with Crippen molar-refractivity contribution in [3.8, 4) is 0 Å². The Morgan fingerprint density at radius 1 is 1.41 bits per heavy atom. The van der Waals surface area contributed by atoms with Crippen LogP contribution >= 0.6 is 11.8 Å². The predicted molar refractivity (Wildman–Crippen MR) is 66.8 cm³/mol. The van der Waals surface area contributed by atoms with Gasteiger partial charge < -0.3 is 9.90 Å². The first-order valence-electron chi connectivity index (χ1n) is 5.32. The summed E-state index contributed by atoms with van der Waals surface area (Å²) in [5.74, 6) is -1.07. The molecule has 0 amide bonds. The molecule has 1 aromatic carbocycles. The highest BCUT2D eigenvalue weighted by atomic mass is 32.2. The van der Waals surface area contributed by atoms with Crippen LogP contribution in [0.3, 0.4) is 0 Å². The van der Waals surface area contributed by atoms with Crippen molar-refractivity contribution < 1.29 is 9.90 Å². The van der Waals surface area contributed by atoms with Crippen molar-refractivity contribution in [2.24, 2.45) is 0 Å². The van der Waals surface area contributed by atoms with E-state index < -0.39 is 11.2 Å². The zero-order valence-electron chi connectivity index (χ0n) is 9.64. The van der Waals surface area contributed by atoms with Gasteiger partial charge in [0.2, 0.25) is 0 Å². The van der Waals surface area contributed by atoms with Crippen LogP contribution in [0.15, 0.2) is 35.4 Å². The summed E-state index contributed by atoms with van der Waals surface area (Å²) < 4.78 is 0. The average molecular weight is 246 g/mol. The first-order valence-corrected chi connectivity index (χ1v) is 6.20. The molecular weight excluding hydrogens is 234 g/mol. The van der Waals surface area contributed by atoms with Crippen LogP contribution in [0.2, 0.25) is 0 Å². The van der Waals surface area contributed by atoms with Crippen molar-refractivity contribution in [1.29, 1.82) is 0 Å². The summed E-state index contributed by atoms with van der Waals surface area (Å²) >= 11 is 1.21. The number of aryl methyl sites for hydroxylation is 1.